The molecule has 1 amide bonds. The molecule has 2 N–H and O–H groups in total. The summed E-state index contributed by atoms with van der Waals surface area (Å²) < 4.78 is 0. The minimum atomic E-state index is -0.488. The van der Waals surface area contributed by atoms with Crippen LogP contribution in [0.15, 0.2) is 30.3 Å². The average molecular weight is 367 g/mol. The summed E-state index contributed by atoms with van der Waals surface area (Å²) in [6, 6.07) is 7.31. The third-order valence-electron chi connectivity index (χ3n) is 7.48. The summed E-state index contributed by atoms with van der Waals surface area (Å²) in [4.78, 5) is 15.0. The predicted molar refractivity (Wildman–Crippen MR) is 104 cm³/mol. The molecule has 0 spiro atoms. The van der Waals surface area contributed by atoms with Gasteiger partial charge >= 0.3 is 0 Å². The summed E-state index contributed by atoms with van der Waals surface area (Å²) in [6.45, 7) is 1.43. The number of benzene rings is 1. The first kappa shape index (κ1) is 17.3. The van der Waals surface area contributed by atoms with Gasteiger partial charge < -0.3 is 15.1 Å². The lowest BCUT2D eigenvalue weighted by Gasteiger charge is -2.60. The Hall–Kier alpha value is -1.81. The molecule has 1 aromatic carbocycles. The Bertz CT molecular complexity index is 767. The summed E-state index contributed by atoms with van der Waals surface area (Å²) in [5, 5.41) is 20.4. The van der Waals surface area contributed by atoms with E-state index in [0.717, 1.165) is 50.6 Å². The summed E-state index contributed by atoms with van der Waals surface area (Å²) >= 11 is 0. The highest BCUT2D eigenvalue weighted by Crippen LogP contribution is 2.62. The van der Waals surface area contributed by atoms with Crippen molar-refractivity contribution in [3.63, 3.8) is 0 Å². The van der Waals surface area contributed by atoms with Gasteiger partial charge in [0.1, 0.15) is 5.75 Å². The Morgan fingerprint density at radius 1 is 1.11 bits per heavy atom. The largest absolute Gasteiger partial charge is 0.508 e. The summed E-state index contributed by atoms with van der Waals surface area (Å²) in [6.07, 6.45) is 9.93. The number of nitrogens with zero attached hydrogens (tertiary/aromatic N) is 1. The SMILES string of the molecule is O=C(CC12C[C@H]3C[C@@H](CC(O)(C3)C1)C2)N1CC=C(c2ccc(O)cc2)CC1. The van der Waals surface area contributed by atoms with Gasteiger partial charge in [-0.2, -0.15) is 0 Å². The molecule has 5 aliphatic rings. The number of phenols is 1. The second kappa shape index (κ2) is 6.10. The van der Waals surface area contributed by atoms with E-state index in [4.69, 9.17) is 0 Å². The van der Waals surface area contributed by atoms with Crippen molar-refractivity contribution >= 4 is 11.5 Å². The monoisotopic (exact) mass is 367 g/mol. The summed E-state index contributed by atoms with van der Waals surface area (Å²) in [7, 11) is 0. The number of carbonyl (C=O) groups excluding carboxylic acids is 1. The minimum absolute atomic E-state index is 0.0524. The minimum Gasteiger partial charge on any atom is -0.508 e. The van der Waals surface area contributed by atoms with Crippen LogP contribution in [0.3, 0.4) is 0 Å². The molecule has 4 heteroatoms. The fourth-order valence-electron chi connectivity index (χ4n) is 6.87. The van der Waals surface area contributed by atoms with Crippen molar-refractivity contribution in [3.8, 4) is 5.75 Å². The zero-order valence-electron chi connectivity index (χ0n) is 15.9. The smallest absolute Gasteiger partial charge is 0.223 e. The van der Waals surface area contributed by atoms with Gasteiger partial charge in [-0.3, -0.25) is 4.79 Å². The Kier molecular flexibility index (Phi) is 3.91. The molecule has 4 fully saturated rings. The molecule has 0 unspecified atom stereocenters. The number of hydrogen-bond acceptors (Lipinski definition) is 3. The van der Waals surface area contributed by atoms with E-state index in [1.807, 2.05) is 17.0 Å². The predicted octanol–water partition coefficient (Wildman–Crippen LogP) is 3.73. The lowest BCUT2D eigenvalue weighted by Crippen LogP contribution is -2.56. The van der Waals surface area contributed by atoms with Gasteiger partial charge in [0, 0.05) is 19.5 Å². The van der Waals surface area contributed by atoms with Crippen LogP contribution in [0.5, 0.6) is 5.75 Å². The van der Waals surface area contributed by atoms with Crippen LogP contribution in [-0.4, -0.2) is 39.7 Å². The molecule has 1 aromatic rings. The maximum Gasteiger partial charge on any atom is 0.223 e. The Morgan fingerprint density at radius 2 is 1.81 bits per heavy atom. The molecule has 0 radical (unpaired) electrons. The van der Waals surface area contributed by atoms with E-state index in [9.17, 15) is 15.0 Å². The lowest BCUT2D eigenvalue weighted by atomic mass is 9.47. The number of rotatable bonds is 3. The second-order valence-corrected chi connectivity index (χ2v) is 9.73. The van der Waals surface area contributed by atoms with E-state index in [1.165, 1.54) is 12.0 Å². The van der Waals surface area contributed by atoms with Crippen LogP contribution < -0.4 is 0 Å². The van der Waals surface area contributed by atoms with Crippen molar-refractivity contribution in [2.75, 3.05) is 13.1 Å². The molecule has 6 rings (SSSR count). The molecule has 144 valence electrons. The molecule has 0 saturated heterocycles. The number of aromatic hydroxyl groups is 1. The Morgan fingerprint density at radius 3 is 2.41 bits per heavy atom. The van der Waals surface area contributed by atoms with Gasteiger partial charge in [0.05, 0.1) is 5.60 Å². The second-order valence-electron chi connectivity index (χ2n) is 9.73. The first-order chi connectivity index (χ1) is 12.9. The summed E-state index contributed by atoms with van der Waals surface area (Å²) in [5.41, 5.74) is 1.95. The molecule has 4 bridgehead atoms. The fraction of sp³-hybridized carbons (Fsp3) is 0.609. The third kappa shape index (κ3) is 3.18. The number of hydrogen-bond donors (Lipinski definition) is 2. The van der Waals surface area contributed by atoms with E-state index in [1.54, 1.807) is 12.1 Å². The molecule has 4 saturated carbocycles. The van der Waals surface area contributed by atoms with Crippen molar-refractivity contribution in [1.29, 1.82) is 0 Å². The molecule has 2 atom stereocenters. The van der Waals surface area contributed by atoms with Crippen LogP contribution in [-0.2, 0) is 4.79 Å². The third-order valence-corrected chi connectivity index (χ3v) is 7.48. The molecule has 1 heterocycles. The Balaban J connectivity index is 1.26. The quantitative estimate of drug-likeness (QED) is 0.856. The van der Waals surface area contributed by atoms with E-state index < -0.39 is 5.60 Å². The zero-order valence-corrected chi connectivity index (χ0v) is 15.9. The van der Waals surface area contributed by atoms with Crippen LogP contribution >= 0.6 is 0 Å². The van der Waals surface area contributed by atoms with Gasteiger partial charge in [0.15, 0.2) is 0 Å². The first-order valence-corrected chi connectivity index (χ1v) is 10.4. The van der Waals surface area contributed by atoms with Gasteiger partial charge in [-0.25, -0.2) is 0 Å². The maximum absolute atomic E-state index is 13.1. The van der Waals surface area contributed by atoms with Gasteiger partial charge in [-0.15, -0.1) is 0 Å². The fourth-order valence-corrected chi connectivity index (χ4v) is 6.87. The van der Waals surface area contributed by atoms with Gasteiger partial charge in [0.25, 0.3) is 0 Å². The van der Waals surface area contributed by atoms with Crippen molar-refractivity contribution in [1.82, 2.24) is 4.90 Å². The van der Waals surface area contributed by atoms with Crippen LogP contribution in [0, 0.1) is 17.3 Å². The van der Waals surface area contributed by atoms with Crippen LogP contribution in [0.4, 0.5) is 0 Å². The van der Waals surface area contributed by atoms with Crippen LogP contribution in [0.25, 0.3) is 5.57 Å². The van der Waals surface area contributed by atoms with Gasteiger partial charge in [-0.1, -0.05) is 18.2 Å². The number of aliphatic hydroxyl groups is 1. The molecule has 4 aliphatic carbocycles. The van der Waals surface area contributed by atoms with Gasteiger partial charge in [-0.05, 0) is 85.5 Å². The summed E-state index contributed by atoms with van der Waals surface area (Å²) in [5.74, 6) is 1.81. The van der Waals surface area contributed by atoms with Crippen LogP contribution in [0.1, 0.15) is 56.9 Å². The van der Waals surface area contributed by atoms with Crippen molar-refractivity contribution < 1.29 is 15.0 Å². The van der Waals surface area contributed by atoms with E-state index in [0.29, 0.717) is 24.8 Å². The number of carbonyl (C=O) groups is 1. The van der Waals surface area contributed by atoms with E-state index in [-0.39, 0.29) is 17.1 Å². The normalized spacial score (nSPS) is 37.4. The highest BCUT2D eigenvalue weighted by atomic mass is 16.3. The van der Waals surface area contributed by atoms with Crippen LogP contribution in [0.2, 0.25) is 0 Å². The number of phenolic OH excluding ortho intramolecular Hbond substituents is 1. The lowest BCUT2D eigenvalue weighted by molar-refractivity contribution is -0.171. The topological polar surface area (TPSA) is 60.8 Å². The van der Waals surface area contributed by atoms with Crippen molar-refractivity contribution in [2.45, 2.75) is 57.0 Å². The zero-order chi connectivity index (χ0) is 18.6. The van der Waals surface area contributed by atoms with Crippen molar-refractivity contribution in [3.05, 3.63) is 35.9 Å². The van der Waals surface area contributed by atoms with Crippen molar-refractivity contribution in [2.24, 2.45) is 17.3 Å². The maximum atomic E-state index is 13.1. The standard InChI is InChI=1S/C23H29NO3/c25-20-3-1-18(2-4-20)19-5-7-24(8-6-19)21(26)14-22-10-16-9-17(11-22)13-23(27,12-16)15-22/h1-5,16-17,25,27H,6-15H2/t16-,17-,22?,23?/m1/s1. The molecular weight excluding hydrogens is 338 g/mol. The average Bonchev–Trinajstić information content (AvgIpc) is 2.60. The first-order valence-electron chi connectivity index (χ1n) is 10.4. The number of amides is 1. The molecule has 0 aromatic heterocycles. The Labute approximate surface area is 160 Å². The molecule has 27 heavy (non-hydrogen) atoms. The van der Waals surface area contributed by atoms with E-state index in [2.05, 4.69) is 6.08 Å². The highest BCUT2D eigenvalue weighted by molar-refractivity contribution is 5.79. The van der Waals surface area contributed by atoms with Gasteiger partial charge in [0.2, 0.25) is 5.91 Å². The molecule has 4 nitrogen and oxygen atoms in total. The molecule has 1 aliphatic heterocycles. The highest BCUT2D eigenvalue weighted by Gasteiger charge is 2.57. The van der Waals surface area contributed by atoms with E-state index >= 15 is 0 Å². The molecular formula is C23H29NO3.